The number of nitrogens with one attached hydrogen (secondary N) is 1. The molecule has 1 amide bonds. The first kappa shape index (κ1) is 15.8. The number of anilines is 1. The summed E-state index contributed by atoms with van der Waals surface area (Å²) in [6, 6.07) is 7.60. The van der Waals surface area contributed by atoms with E-state index >= 15 is 0 Å². The predicted molar refractivity (Wildman–Crippen MR) is 96.7 cm³/mol. The van der Waals surface area contributed by atoms with E-state index in [4.69, 9.17) is 4.42 Å². The fraction of sp³-hybridized carbons (Fsp3) is 0.278. The van der Waals surface area contributed by atoms with Crippen LogP contribution in [0.15, 0.2) is 46.5 Å². The molecule has 0 saturated carbocycles. The lowest BCUT2D eigenvalue weighted by atomic mass is 10.2. The lowest BCUT2D eigenvalue weighted by Gasteiger charge is -2.16. The van der Waals surface area contributed by atoms with E-state index in [0.717, 1.165) is 24.5 Å². The fourth-order valence-corrected chi connectivity index (χ4v) is 3.62. The summed E-state index contributed by atoms with van der Waals surface area (Å²) in [5, 5.41) is 5.37. The van der Waals surface area contributed by atoms with Crippen LogP contribution in [0.4, 0.5) is 5.82 Å². The molecule has 0 unspecified atom stereocenters. The number of aromatic nitrogens is 2. The topological polar surface area (TPSA) is 71.3 Å². The van der Waals surface area contributed by atoms with E-state index in [-0.39, 0.29) is 5.91 Å². The molecule has 3 aromatic rings. The number of thiazole rings is 1. The number of amides is 1. The Bertz CT molecular complexity index is 854. The molecule has 4 rings (SSSR count). The molecule has 25 heavy (non-hydrogen) atoms. The summed E-state index contributed by atoms with van der Waals surface area (Å²) in [5.74, 6) is 1.47. The number of furan rings is 1. The molecule has 3 aromatic heterocycles. The molecule has 0 aliphatic carbocycles. The first-order valence-corrected chi connectivity index (χ1v) is 9.15. The Morgan fingerprint density at radius 1 is 1.32 bits per heavy atom. The third-order valence-electron chi connectivity index (χ3n) is 4.16. The molecule has 1 N–H and O–H groups in total. The first-order chi connectivity index (χ1) is 12.3. The summed E-state index contributed by atoms with van der Waals surface area (Å²) >= 11 is 1.39. The first-order valence-electron chi connectivity index (χ1n) is 8.27. The minimum atomic E-state index is -0.186. The Hall–Kier alpha value is -2.67. The van der Waals surface area contributed by atoms with Crippen molar-refractivity contribution in [1.29, 1.82) is 0 Å². The molecule has 0 aromatic carbocycles. The molecule has 4 heterocycles. The van der Waals surface area contributed by atoms with Crippen LogP contribution in [-0.2, 0) is 6.54 Å². The maximum absolute atomic E-state index is 12.3. The average molecular weight is 354 g/mol. The summed E-state index contributed by atoms with van der Waals surface area (Å²) in [6.45, 7) is 2.56. The van der Waals surface area contributed by atoms with Gasteiger partial charge in [-0.3, -0.25) is 4.79 Å². The van der Waals surface area contributed by atoms with Crippen LogP contribution >= 0.6 is 11.3 Å². The normalized spacial score (nSPS) is 14.0. The molecule has 0 radical (unpaired) electrons. The molecule has 1 fully saturated rings. The van der Waals surface area contributed by atoms with Crippen LogP contribution < -0.4 is 10.2 Å². The van der Waals surface area contributed by atoms with Gasteiger partial charge in [0, 0.05) is 31.2 Å². The third kappa shape index (κ3) is 3.56. The highest BCUT2D eigenvalue weighted by Crippen LogP contribution is 2.24. The molecule has 0 bridgehead atoms. The van der Waals surface area contributed by atoms with Gasteiger partial charge < -0.3 is 14.6 Å². The van der Waals surface area contributed by atoms with Gasteiger partial charge in [0.1, 0.15) is 11.5 Å². The van der Waals surface area contributed by atoms with Crippen molar-refractivity contribution < 1.29 is 9.21 Å². The number of carbonyl (C=O) groups is 1. The molecule has 1 aliphatic heterocycles. The van der Waals surface area contributed by atoms with Crippen LogP contribution in [-0.4, -0.2) is 29.0 Å². The van der Waals surface area contributed by atoms with E-state index in [1.165, 1.54) is 24.2 Å². The zero-order valence-corrected chi connectivity index (χ0v) is 14.5. The lowest BCUT2D eigenvalue weighted by Crippen LogP contribution is -2.24. The minimum absolute atomic E-state index is 0.186. The zero-order chi connectivity index (χ0) is 17.1. The van der Waals surface area contributed by atoms with Gasteiger partial charge in [-0.2, -0.15) is 0 Å². The van der Waals surface area contributed by atoms with Crippen molar-refractivity contribution in [3.05, 3.63) is 53.4 Å². The van der Waals surface area contributed by atoms with Gasteiger partial charge in [0.05, 0.1) is 6.26 Å². The standard InChI is InChI=1S/C18H18N4O2S/c23-17(14-12-25-18(21-14)15-4-3-9-24-15)20-11-13-5-6-19-16(10-13)22-7-1-2-8-22/h3-6,9-10,12H,1-2,7-8,11H2,(H,20,23). The van der Waals surface area contributed by atoms with Gasteiger partial charge in [-0.15, -0.1) is 11.3 Å². The van der Waals surface area contributed by atoms with Gasteiger partial charge >= 0.3 is 0 Å². The van der Waals surface area contributed by atoms with Crippen LogP contribution in [0.3, 0.4) is 0 Å². The molecule has 0 atom stereocenters. The Morgan fingerprint density at radius 3 is 3.00 bits per heavy atom. The van der Waals surface area contributed by atoms with Gasteiger partial charge in [-0.25, -0.2) is 9.97 Å². The third-order valence-corrected chi connectivity index (χ3v) is 5.02. The number of pyridine rings is 1. The van der Waals surface area contributed by atoms with Crippen molar-refractivity contribution in [1.82, 2.24) is 15.3 Å². The van der Waals surface area contributed by atoms with Gasteiger partial charge in [-0.05, 0) is 42.7 Å². The number of rotatable bonds is 5. The second-order valence-corrected chi connectivity index (χ2v) is 6.77. The molecular weight excluding hydrogens is 336 g/mol. The molecule has 128 valence electrons. The van der Waals surface area contributed by atoms with Crippen LogP contribution in [0.5, 0.6) is 0 Å². The Morgan fingerprint density at radius 2 is 2.20 bits per heavy atom. The summed E-state index contributed by atoms with van der Waals surface area (Å²) in [6.07, 6.45) is 5.82. The second kappa shape index (κ2) is 7.06. The zero-order valence-electron chi connectivity index (χ0n) is 13.6. The van der Waals surface area contributed by atoms with E-state index in [9.17, 15) is 4.79 Å². The van der Waals surface area contributed by atoms with Crippen molar-refractivity contribution in [3.63, 3.8) is 0 Å². The SMILES string of the molecule is O=C(NCc1ccnc(N2CCCC2)c1)c1csc(-c2ccco2)n1. The van der Waals surface area contributed by atoms with E-state index in [2.05, 4.69) is 20.2 Å². The van der Waals surface area contributed by atoms with E-state index in [1.807, 2.05) is 18.2 Å². The van der Waals surface area contributed by atoms with Crippen molar-refractivity contribution >= 4 is 23.1 Å². The molecule has 7 heteroatoms. The van der Waals surface area contributed by atoms with E-state index in [1.54, 1.807) is 23.9 Å². The highest BCUT2D eigenvalue weighted by molar-refractivity contribution is 7.13. The maximum atomic E-state index is 12.3. The van der Waals surface area contributed by atoms with Gasteiger partial charge in [0.25, 0.3) is 5.91 Å². The molecule has 1 saturated heterocycles. The van der Waals surface area contributed by atoms with Gasteiger partial charge in [-0.1, -0.05) is 0 Å². The van der Waals surface area contributed by atoms with E-state index in [0.29, 0.717) is 23.0 Å². The Kier molecular flexibility index (Phi) is 4.47. The smallest absolute Gasteiger partial charge is 0.271 e. The monoisotopic (exact) mass is 354 g/mol. The minimum Gasteiger partial charge on any atom is -0.462 e. The van der Waals surface area contributed by atoms with Crippen LogP contribution in [0, 0.1) is 0 Å². The predicted octanol–water partition coefficient (Wildman–Crippen LogP) is 3.33. The number of hydrogen-bond acceptors (Lipinski definition) is 6. The average Bonchev–Trinajstić information content (AvgIpc) is 3.41. The van der Waals surface area contributed by atoms with Crippen molar-refractivity contribution in [2.45, 2.75) is 19.4 Å². The highest BCUT2D eigenvalue weighted by Gasteiger charge is 2.15. The van der Waals surface area contributed by atoms with Crippen molar-refractivity contribution in [2.24, 2.45) is 0 Å². The summed E-state index contributed by atoms with van der Waals surface area (Å²) in [5.41, 5.74) is 1.44. The van der Waals surface area contributed by atoms with Gasteiger partial charge in [0.2, 0.25) is 0 Å². The van der Waals surface area contributed by atoms with Crippen molar-refractivity contribution in [3.8, 4) is 10.8 Å². The number of hydrogen-bond donors (Lipinski definition) is 1. The summed E-state index contributed by atoms with van der Waals surface area (Å²) in [4.78, 5) is 23.4. The number of nitrogens with zero attached hydrogens (tertiary/aromatic N) is 3. The molecule has 6 nitrogen and oxygen atoms in total. The maximum Gasteiger partial charge on any atom is 0.271 e. The quantitative estimate of drug-likeness (QED) is 0.761. The van der Waals surface area contributed by atoms with Crippen LogP contribution in [0.1, 0.15) is 28.9 Å². The van der Waals surface area contributed by atoms with Crippen LogP contribution in [0.2, 0.25) is 0 Å². The van der Waals surface area contributed by atoms with Crippen molar-refractivity contribution in [2.75, 3.05) is 18.0 Å². The summed E-state index contributed by atoms with van der Waals surface area (Å²) < 4.78 is 5.31. The molecular formula is C18H18N4O2S. The fourth-order valence-electron chi connectivity index (χ4n) is 2.85. The highest BCUT2D eigenvalue weighted by atomic mass is 32.1. The Balaban J connectivity index is 1.39. The second-order valence-electron chi connectivity index (χ2n) is 5.91. The molecule has 1 aliphatic rings. The Labute approximate surface area is 149 Å². The van der Waals surface area contributed by atoms with E-state index < -0.39 is 0 Å². The largest absolute Gasteiger partial charge is 0.462 e. The summed E-state index contributed by atoms with van der Waals surface area (Å²) in [7, 11) is 0. The molecule has 0 spiro atoms. The van der Waals surface area contributed by atoms with Gasteiger partial charge in [0.15, 0.2) is 10.8 Å². The number of carbonyl (C=O) groups excluding carboxylic acids is 1. The van der Waals surface area contributed by atoms with Crippen LogP contribution in [0.25, 0.3) is 10.8 Å². The lowest BCUT2D eigenvalue weighted by molar-refractivity contribution is 0.0946.